The summed E-state index contributed by atoms with van der Waals surface area (Å²) in [6.07, 6.45) is -4.57. The van der Waals surface area contributed by atoms with Crippen LogP contribution in [0.3, 0.4) is 0 Å². The average Bonchev–Trinajstić information content (AvgIpc) is 2.69. The number of halogens is 3. The molecule has 0 bridgehead atoms. The third-order valence-corrected chi connectivity index (χ3v) is 5.03. The Kier molecular flexibility index (Phi) is 6.32. The first-order chi connectivity index (χ1) is 13.7. The molecule has 0 unspecified atom stereocenters. The molecule has 29 heavy (non-hydrogen) atoms. The van der Waals surface area contributed by atoms with Crippen LogP contribution in [0.5, 0.6) is 0 Å². The van der Waals surface area contributed by atoms with Gasteiger partial charge >= 0.3 is 12.2 Å². The van der Waals surface area contributed by atoms with Crippen molar-refractivity contribution in [2.75, 3.05) is 50.5 Å². The van der Waals surface area contributed by atoms with Gasteiger partial charge in [-0.3, -0.25) is 0 Å². The van der Waals surface area contributed by atoms with Gasteiger partial charge < -0.3 is 20.0 Å². The van der Waals surface area contributed by atoms with Crippen LogP contribution in [-0.2, 0) is 12.7 Å². The molecular weight excluding hydrogens is 381 g/mol. The summed E-state index contributed by atoms with van der Waals surface area (Å²) in [4.78, 5) is 17.9. The number of amides is 2. The first kappa shape index (κ1) is 21.0. The van der Waals surface area contributed by atoms with Crippen molar-refractivity contribution in [3.63, 3.8) is 0 Å². The Morgan fingerprint density at radius 2 is 1.72 bits per heavy atom. The van der Waals surface area contributed by atoms with Gasteiger partial charge in [-0.1, -0.05) is 30.3 Å². The van der Waals surface area contributed by atoms with Crippen molar-refractivity contribution in [3.05, 3.63) is 59.7 Å². The van der Waals surface area contributed by atoms with Gasteiger partial charge in [-0.25, -0.2) is 4.79 Å². The third-order valence-electron chi connectivity index (χ3n) is 5.03. The Morgan fingerprint density at radius 3 is 2.34 bits per heavy atom. The molecule has 1 fully saturated rings. The second-order valence-electron chi connectivity index (χ2n) is 7.29. The fourth-order valence-corrected chi connectivity index (χ4v) is 3.28. The third kappa shape index (κ3) is 5.41. The number of urea groups is 1. The van der Waals surface area contributed by atoms with Crippen molar-refractivity contribution in [1.82, 2.24) is 9.80 Å². The van der Waals surface area contributed by atoms with Crippen LogP contribution < -0.4 is 10.2 Å². The molecule has 156 valence electrons. The van der Waals surface area contributed by atoms with Crippen LogP contribution in [0.1, 0.15) is 11.1 Å². The van der Waals surface area contributed by atoms with Crippen molar-refractivity contribution >= 4 is 17.4 Å². The molecule has 0 aromatic heterocycles. The van der Waals surface area contributed by atoms with Crippen molar-refractivity contribution in [2.24, 2.45) is 0 Å². The highest BCUT2D eigenvalue weighted by molar-refractivity contribution is 5.90. The van der Waals surface area contributed by atoms with E-state index in [4.69, 9.17) is 0 Å². The minimum Gasteiger partial charge on any atom is -0.369 e. The predicted molar refractivity (Wildman–Crippen MR) is 108 cm³/mol. The lowest BCUT2D eigenvalue weighted by atomic mass is 10.1. The van der Waals surface area contributed by atoms with E-state index in [0.717, 1.165) is 24.7 Å². The summed E-state index contributed by atoms with van der Waals surface area (Å²) in [5.41, 5.74) is 0.336. The molecule has 1 aliphatic heterocycles. The number of nitrogens with one attached hydrogen (secondary N) is 1. The lowest BCUT2D eigenvalue weighted by molar-refractivity contribution is -0.136. The van der Waals surface area contributed by atoms with E-state index < -0.39 is 17.8 Å². The molecule has 2 aromatic rings. The topological polar surface area (TPSA) is 38.8 Å². The molecule has 1 aliphatic rings. The van der Waals surface area contributed by atoms with Gasteiger partial charge in [0.15, 0.2) is 0 Å². The van der Waals surface area contributed by atoms with Crippen molar-refractivity contribution in [2.45, 2.75) is 12.7 Å². The quantitative estimate of drug-likeness (QED) is 0.830. The van der Waals surface area contributed by atoms with E-state index in [-0.39, 0.29) is 5.69 Å². The van der Waals surface area contributed by atoms with Gasteiger partial charge in [0.1, 0.15) is 0 Å². The maximum absolute atomic E-state index is 13.7. The molecule has 2 amide bonds. The molecule has 8 heteroatoms. The van der Waals surface area contributed by atoms with Gasteiger partial charge in [0.2, 0.25) is 0 Å². The SMILES string of the molecule is CN1CCN(c2ccc(NC(=O)N(C)Cc3ccccc3)c(C(F)(F)F)c2)CC1. The number of anilines is 2. The first-order valence-electron chi connectivity index (χ1n) is 9.45. The maximum Gasteiger partial charge on any atom is 0.418 e. The molecule has 0 atom stereocenters. The van der Waals surface area contributed by atoms with Gasteiger partial charge in [0.05, 0.1) is 11.3 Å². The van der Waals surface area contributed by atoms with E-state index in [9.17, 15) is 18.0 Å². The number of nitrogens with zero attached hydrogens (tertiary/aromatic N) is 3. The summed E-state index contributed by atoms with van der Waals surface area (Å²) < 4.78 is 41.0. The van der Waals surface area contributed by atoms with Crippen molar-refractivity contribution in [3.8, 4) is 0 Å². The van der Waals surface area contributed by atoms with Crippen molar-refractivity contribution in [1.29, 1.82) is 0 Å². The number of likely N-dealkylation sites (N-methyl/N-ethyl adjacent to an activating group) is 1. The Balaban J connectivity index is 1.76. The molecule has 0 saturated carbocycles. The zero-order valence-electron chi connectivity index (χ0n) is 16.5. The highest BCUT2D eigenvalue weighted by atomic mass is 19.4. The number of rotatable bonds is 4. The van der Waals surface area contributed by atoms with Gasteiger partial charge in [-0.15, -0.1) is 0 Å². The van der Waals surface area contributed by atoms with Gasteiger partial charge in [-0.05, 0) is 30.8 Å². The first-order valence-corrected chi connectivity index (χ1v) is 9.45. The number of hydrogen-bond acceptors (Lipinski definition) is 3. The van der Waals surface area contributed by atoms with Gasteiger partial charge in [0, 0.05) is 45.5 Å². The minimum atomic E-state index is -4.57. The summed E-state index contributed by atoms with van der Waals surface area (Å²) in [6, 6.07) is 12.8. The number of hydrogen-bond donors (Lipinski definition) is 1. The molecule has 5 nitrogen and oxygen atoms in total. The summed E-state index contributed by atoms with van der Waals surface area (Å²) in [5.74, 6) is 0. The summed E-state index contributed by atoms with van der Waals surface area (Å²) in [7, 11) is 3.54. The fraction of sp³-hybridized carbons (Fsp3) is 0.381. The molecule has 1 saturated heterocycles. The largest absolute Gasteiger partial charge is 0.418 e. The van der Waals surface area contributed by atoms with E-state index >= 15 is 0 Å². The zero-order chi connectivity index (χ0) is 21.0. The van der Waals surface area contributed by atoms with Crippen LogP contribution >= 0.6 is 0 Å². The van der Waals surface area contributed by atoms with Crippen LogP contribution in [0.15, 0.2) is 48.5 Å². The summed E-state index contributed by atoms with van der Waals surface area (Å²) >= 11 is 0. The second-order valence-corrected chi connectivity index (χ2v) is 7.29. The standard InChI is InChI=1S/C21H25F3N4O/c1-26-10-12-28(13-11-26)17-8-9-19(18(14-17)21(22,23)24)25-20(29)27(2)15-16-6-4-3-5-7-16/h3-9,14H,10-13,15H2,1-2H3,(H,25,29). The number of alkyl halides is 3. The van der Waals surface area contributed by atoms with Crippen LogP contribution in [0.4, 0.5) is 29.3 Å². The molecule has 1 heterocycles. The Hall–Kier alpha value is -2.74. The number of carbonyl (C=O) groups excluding carboxylic acids is 1. The molecule has 1 N–H and O–H groups in total. The zero-order valence-corrected chi connectivity index (χ0v) is 16.5. The molecule has 2 aromatic carbocycles. The highest BCUT2D eigenvalue weighted by Crippen LogP contribution is 2.37. The number of piperazine rings is 1. The summed E-state index contributed by atoms with van der Waals surface area (Å²) in [5, 5.41) is 2.41. The average molecular weight is 406 g/mol. The van der Waals surface area contributed by atoms with Crippen LogP contribution in [0.2, 0.25) is 0 Å². The minimum absolute atomic E-state index is 0.236. The van der Waals surface area contributed by atoms with E-state index in [0.29, 0.717) is 25.3 Å². The second kappa shape index (κ2) is 8.73. The Labute approximate surface area is 168 Å². The molecule has 0 spiro atoms. The number of benzene rings is 2. The van der Waals surface area contributed by atoms with E-state index in [1.54, 1.807) is 13.1 Å². The predicted octanol–water partition coefficient (Wildman–Crippen LogP) is 4.12. The Bertz CT molecular complexity index is 834. The lowest BCUT2D eigenvalue weighted by Crippen LogP contribution is -2.44. The van der Waals surface area contributed by atoms with Crippen LogP contribution in [-0.4, -0.2) is 56.1 Å². The van der Waals surface area contributed by atoms with Crippen LogP contribution in [0.25, 0.3) is 0 Å². The normalized spacial score (nSPS) is 15.3. The molecular formula is C21H25F3N4O. The van der Waals surface area contributed by atoms with E-state index in [2.05, 4.69) is 10.2 Å². The smallest absolute Gasteiger partial charge is 0.369 e. The molecule has 0 aliphatic carbocycles. The Morgan fingerprint density at radius 1 is 1.07 bits per heavy atom. The monoisotopic (exact) mass is 406 g/mol. The van der Waals surface area contributed by atoms with Gasteiger partial charge in [0.25, 0.3) is 0 Å². The fourth-order valence-electron chi connectivity index (χ4n) is 3.28. The molecule has 3 rings (SSSR count). The maximum atomic E-state index is 13.7. The van der Waals surface area contributed by atoms with E-state index in [1.807, 2.05) is 42.3 Å². The highest BCUT2D eigenvalue weighted by Gasteiger charge is 2.35. The number of carbonyl (C=O) groups is 1. The van der Waals surface area contributed by atoms with E-state index in [1.165, 1.54) is 11.0 Å². The van der Waals surface area contributed by atoms with Gasteiger partial charge in [-0.2, -0.15) is 13.2 Å². The van der Waals surface area contributed by atoms with Crippen LogP contribution in [0, 0.1) is 0 Å². The summed E-state index contributed by atoms with van der Waals surface area (Å²) in [6.45, 7) is 3.22. The lowest BCUT2D eigenvalue weighted by Gasteiger charge is -2.34. The molecule has 0 radical (unpaired) electrons. The van der Waals surface area contributed by atoms with Crippen molar-refractivity contribution < 1.29 is 18.0 Å².